The number of hydrogen-bond donors (Lipinski definition) is 1. The number of carbonyl (C=O) groups is 1. The van der Waals surface area contributed by atoms with Crippen LogP contribution in [0, 0.1) is 0 Å². The third-order valence-electron chi connectivity index (χ3n) is 5.36. The van der Waals surface area contributed by atoms with Crippen LogP contribution in [-0.2, 0) is 27.7 Å². The molecule has 28 heavy (non-hydrogen) atoms. The summed E-state index contributed by atoms with van der Waals surface area (Å²) in [6.45, 7) is 1.20. The Hall–Kier alpha value is -1.35. The van der Waals surface area contributed by atoms with Crippen molar-refractivity contribution >= 4 is 39.0 Å². The van der Waals surface area contributed by atoms with Crippen molar-refractivity contribution in [3.63, 3.8) is 0 Å². The fourth-order valence-corrected chi connectivity index (χ4v) is 6.99. The lowest BCUT2D eigenvalue weighted by Crippen LogP contribution is -2.46. The van der Waals surface area contributed by atoms with Crippen LogP contribution in [0.4, 0.5) is 0 Å². The fourth-order valence-electron chi connectivity index (χ4n) is 3.81. The summed E-state index contributed by atoms with van der Waals surface area (Å²) in [5.74, 6) is 0.565. The van der Waals surface area contributed by atoms with Crippen molar-refractivity contribution in [2.24, 2.45) is 0 Å². The SMILES string of the molecule is O=C(CSc1ccc2c(c1)CCC2)N1CCC(NS(=O)(=O)c2cccs2)CC1. The average Bonchev–Trinajstić information content (AvgIpc) is 3.38. The summed E-state index contributed by atoms with van der Waals surface area (Å²) >= 11 is 2.81. The molecular weight excluding hydrogens is 412 g/mol. The standard InChI is InChI=1S/C20H24N2O3S3/c23-19(14-27-18-7-6-15-3-1-4-16(15)13-18)22-10-8-17(9-11-22)21-28(24,25)20-5-2-12-26-20/h2,5-7,12-13,17,21H,1,3-4,8-11,14H2. The molecule has 8 heteroatoms. The Kier molecular flexibility index (Phi) is 6.10. The second kappa shape index (κ2) is 8.57. The smallest absolute Gasteiger partial charge is 0.250 e. The second-order valence-electron chi connectivity index (χ2n) is 7.28. The number of thioether (sulfide) groups is 1. The van der Waals surface area contributed by atoms with Gasteiger partial charge in [-0.3, -0.25) is 4.79 Å². The van der Waals surface area contributed by atoms with E-state index in [0.717, 1.165) is 11.3 Å². The van der Waals surface area contributed by atoms with E-state index in [4.69, 9.17) is 0 Å². The van der Waals surface area contributed by atoms with E-state index in [1.165, 1.54) is 35.3 Å². The Labute approximate surface area is 174 Å². The molecule has 150 valence electrons. The summed E-state index contributed by atoms with van der Waals surface area (Å²) in [5, 5.41) is 1.76. The van der Waals surface area contributed by atoms with Gasteiger partial charge in [-0.2, -0.15) is 0 Å². The molecule has 0 radical (unpaired) electrons. The van der Waals surface area contributed by atoms with Gasteiger partial charge in [0.05, 0.1) is 5.75 Å². The fraction of sp³-hybridized carbons (Fsp3) is 0.450. The van der Waals surface area contributed by atoms with E-state index < -0.39 is 10.0 Å². The molecule has 1 N–H and O–H groups in total. The highest BCUT2D eigenvalue weighted by molar-refractivity contribution is 8.00. The molecular formula is C20H24N2O3S3. The Morgan fingerprint density at radius 2 is 1.96 bits per heavy atom. The maximum Gasteiger partial charge on any atom is 0.250 e. The quantitative estimate of drug-likeness (QED) is 0.706. The first kappa shape index (κ1) is 19.9. The minimum Gasteiger partial charge on any atom is -0.342 e. The molecule has 1 aromatic carbocycles. The van der Waals surface area contributed by atoms with E-state index in [1.807, 2.05) is 4.90 Å². The van der Waals surface area contributed by atoms with Crippen molar-refractivity contribution in [1.82, 2.24) is 9.62 Å². The summed E-state index contributed by atoms with van der Waals surface area (Å²) < 4.78 is 27.8. The minimum absolute atomic E-state index is 0.111. The van der Waals surface area contributed by atoms with Crippen LogP contribution in [0.2, 0.25) is 0 Å². The van der Waals surface area contributed by atoms with Gasteiger partial charge in [0.25, 0.3) is 0 Å². The first-order valence-corrected chi connectivity index (χ1v) is 12.9. The molecule has 1 amide bonds. The molecule has 0 spiro atoms. The number of nitrogens with one attached hydrogen (secondary N) is 1. The molecule has 0 saturated carbocycles. The molecule has 2 aromatic rings. The van der Waals surface area contributed by atoms with E-state index in [2.05, 4.69) is 22.9 Å². The number of thiophene rings is 1. The second-order valence-corrected chi connectivity index (χ2v) is 11.2. The van der Waals surface area contributed by atoms with Gasteiger partial charge in [-0.1, -0.05) is 12.1 Å². The topological polar surface area (TPSA) is 66.5 Å². The molecule has 2 heterocycles. The van der Waals surface area contributed by atoms with Crippen LogP contribution in [0.3, 0.4) is 0 Å². The lowest BCUT2D eigenvalue weighted by atomic mass is 10.1. The molecule has 1 saturated heterocycles. The highest BCUT2D eigenvalue weighted by atomic mass is 32.2. The first-order chi connectivity index (χ1) is 13.5. The summed E-state index contributed by atoms with van der Waals surface area (Å²) in [5.41, 5.74) is 2.87. The number of likely N-dealkylation sites (tertiary alicyclic amines) is 1. The van der Waals surface area contributed by atoms with Crippen molar-refractivity contribution in [3.05, 3.63) is 46.8 Å². The third-order valence-corrected chi connectivity index (χ3v) is 9.26. The van der Waals surface area contributed by atoms with Gasteiger partial charge in [0.1, 0.15) is 4.21 Å². The van der Waals surface area contributed by atoms with Gasteiger partial charge in [0.2, 0.25) is 15.9 Å². The molecule has 0 unspecified atom stereocenters. The number of rotatable bonds is 6. The Bertz CT molecular complexity index is 934. The Balaban J connectivity index is 1.25. The zero-order valence-electron chi connectivity index (χ0n) is 15.6. The van der Waals surface area contributed by atoms with Gasteiger partial charge in [-0.05, 0) is 66.8 Å². The van der Waals surface area contributed by atoms with E-state index in [0.29, 0.717) is 35.9 Å². The number of benzene rings is 1. The van der Waals surface area contributed by atoms with Crippen molar-refractivity contribution in [3.8, 4) is 0 Å². The van der Waals surface area contributed by atoms with Crippen LogP contribution in [0.25, 0.3) is 0 Å². The van der Waals surface area contributed by atoms with E-state index in [9.17, 15) is 13.2 Å². The molecule has 1 aliphatic carbocycles. The number of amides is 1. The largest absolute Gasteiger partial charge is 0.342 e. The van der Waals surface area contributed by atoms with Gasteiger partial charge < -0.3 is 4.90 Å². The molecule has 2 aliphatic rings. The van der Waals surface area contributed by atoms with Crippen LogP contribution in [-0.4, -0.2) is 44.1 Å². The monoisotopic (exact) mass is 436 g/mol. The highest BCUT2D eigenvalue weighted by Gasteiger charge is 2.27. The lowest BCUT2D eigenvalue weighted by Gasteiger charge is -2.32. The van der Waals surface area contributed by atoms with E-state index >= 15 is 0 Å². The number of hydrogen-bond acceptors (Lipinski definition) is 5. The first-order valence-electron chi connectivity index (χ1n) is 9.59. The lowest BCUT2D eigenvalue weighted by molar-refractivity contribution is -0.129. The zero-order chi connectivity index (χ0) is 19.6. The van der Waals surface area contributed by atoms with Gasteiger partial charge >= 0.3 is 0 Å². The molecule has 4 rings (SSSR count). The number of aryl methyl sites for hydroxylation is 2. The zero-order valence-corrected chi connectivity index (χ0v) is 18.0. The molecule has 1 aromatic heterocycles. The van der Waals surface area contributed by atoms with Crippen molar-refractivity contribution in [1.29, 1.82) is 0 Å². The Morgan fingerprint density at radius 1 is 1.18 bits per heavy atom. The van der Waals surface area contributed by atoms with Gasteiger partial charge in [0.15, 0.2) is 0 Å². The summed E-state index contributed by atoms with van der Waals surface area (Å²) in [6, 6.07) is 9.78. The van der Waals surface area contributed by atoms with Crippen molar-refractivity contribution in [2.75, 3.05) is 18.8 Å². The van der Waals surface area contributed by atoms with E-state index in [-0.39, 0.29) is 11.9 Å². The number of nitrogens with zero attached hydrogens (tertiary/aromatic N) is 1. The minimum atomic E-state index is -3.44. The predicted molar refractivity (Wildman–Crippen MR) is 113 cm³/mol. The van der Waals surface area contributed by atoms with Gasteiger partial charge in [-0.15, -0.1) is 23.1 Å². The Morgan fingerprint density at radius 3 is 2.71 bits per heavy atom. The normalized spacial score (nSPS) is 17.6. The number of fused-ring (bicyclic) bond motifs is 1. The molecule has 1 aliphatic heterocycles. The van der Waals surface area contributed by atoms with Gasteiger partial charge in [0, 0.05) is 24.0 Å². The van der Waals surface area contributed by atoms with Crippen LogP contribution < -0.4 is 4.72 Å². The van der Waals surface area contributed by atoms with Crippen molar-refractivity contribution in [2.45, 2.75) is 47.3 Å². The van der Waals surface area contributed by atoms with E-state index in [1.54, 1.807) is 29.3 Å². The summed E-state index contributed by atoms with van der Waals surface area (Å²) in [7, 11) is -3.44. The maximum atomic E-state index is 12.6. The van der Waals surface area contributed by atoms with Gasteiger partial charge in [-0.25, -0.2) is 13.1 Å². The predicted octanol–water partition coefficient (Wildman–Crippen LogP) is 3.30. The van der Waals surface area contributed by atoms with Crippen LogP contribution in [0.1, 0.15) is 30.4 Å². The molecule has 0 atom stereocenters. The molecule has 1 fully saturated rings. The molecule has 5 nitrogen and oxygen atoms in total. The van der Waals surface area contributed by atoms with Crippen LogP contribution in [0.15, 0.2) is 44.8 Å². The van der Waals surface area contributed by atoms with Crippen LogP contribution in [0.5, 0.6) is 0 Å². The summed E-state index contributed by atoms with van der Waals surface area (Å²) in [6.07, 6.45) is 4.85. The maximum absolute atomic E-state index is 12.6. The summed E-state index contributed by atoms with van der Waals surface area (Å²) in [4.78, 5) is 15.6. The highest BCUT2D eigenvalue weighted by Crippen LogP contribution is 2.28. The van der Waals surface area contributed by atoms with Crippen LogP contribution >= 0.6 is 23.1 Å². The molecule has 0 bridgehead atoms. The number of piperidine rings is 1. The van der Waals surface area contributed by atoms with Crippen molar-refractivity contribution < 1.29 is 13.2 Å². The average molecular weight is 437 g/mol. The number of carbonyl (C=O) groups excluding carboxylic acids is 1. The number of sulfonamides is 1. The third kappa shape index (κ3) is 4.62.